The Labute approximate surface area is 87.5 Å². The number of aromatic nitrogens is 1. The molecular weight excluding hydrogens is 190 g/mol. The molecule has 0 aliphatic carbocycles. The number of carbonyl (C=O) groups excluding carboxylic acids is 1. The lowest BCUT2D eigenvalue weighted by Crippen LogP contribution is -2.38. The minimum absolute atomic E-state index is 0.550. The Balaban J connectivity index is 2.32. The van der Waals surface area contributed by atoms with E-state index in [2.05, 4.69) is 0 Å². The van der Waals surface area contributed by atoms with Gasteiger partial charge in [-0.05, 0) is 11.6 Å². The van der Waals surface area contributed by atoms with Crippen molar-refractivity contribution < 1.29 is 4.79 Å². The van der Waals surface area contributed by atoms with Gasteiger partial charge in [0.15, 0.2) is 0 Å². The van der Waals surface area contributed by atoms with Gasteiger partial charge in [0, 0.05) is 18.0 Å². The molecule has 1 heterocycles. The van der Waals surface area contributed by atoms with Crippen molar-refractivity contribution in [2.75, 3.05) is 5.12 Å². The fraction of sp³-hybridized carbons (Fsp3) is 0. The molecule has 0 aliphatic rings. The summed E-state index contributed by atoms with van der Waals surface area (Å²) in [7, 11) is 0. The zero-order valence-corrected chi connectivity index (χ0v) is 8.08. The molecule has 4 nitrogen and oxygen atoms in total. The van der Waals surface area contributed by atoms with Gasteiger partial charge in [-0.25, -0.2) is 5.84 Å². The van der Waals surface area contributed by atoms with Gasteiger partial charge in [0.25, 0.3) is 0 Å². The van der Waals surface area contributed by atoms with Gasteiger partial charge in [0.2, 0.25) is 6.41 Å². The van der Waals surface area contributed by atoms with Gasteiger partial charge in [-0.2, -0.15) is 5.12 Å². The normalized spacial score (nSPS) is 9.93. The Morgan fingerprint density at radius 2 is 1.87 bits per heavy atom. The van der Waals surface area contributed by atoms with Gasteiger partial charge in [0.1, 0.15) is 0 Å². The van der Waals surface area contributed by atoms with Crippen LogP contribution in [0.4, 0.5) is 0 Å². The Morgan fingerprint density at radius 1 is 1.13 bits per heavy atom. The average molecular weight is 201 g/mol. The van der Waals surface area contributed by atoms with E-state index in [1.165, 1.54) is 4.68 Å². The molecule has 0 spiro atoms. The summed E-state index contributed by atoms with van der Waals surface area (Å²) < 4.78 is 1.52. The summed E-state index contributed by atoms with van der Waals surface area (Å²) >= 11 is 0. The highest BCUT2D eigenvalue weighted by molar-refractivity contribution is 5.64. The molecule has 2 N–H and O–H groups in total. The van der Waals surface area contributed by atoms with Crippen molar-refractivity contribution in [1.29, 1.82) is 0 Å². The Kier molecular flexibility index (Phi) is 2.51. The van der Waals surface area contributed by atoms with Crippen LogP contribution in [0, 0.1) is 0 Å². The number of nitrogens with two attached hydrogens (primary N) is 1. The third kappa shape index (κ3) is 1.89. The molecule has 0 atom stereocenters. The number of nitrogens with zero attached hydrogens (tertiary/aromatic N) is 2. The van der Waals surface area contributed by atoms with Crippen LogP contribution in [0.3, 0.4) is 0 Å². The number of carbonyl (C=O) groups is 1. The summed E-state index contributed by atoms with van der Waals surface area (Å²) in [5.74, 6) is 5.41. The van der Waals surface area contributed by atoms with E-state index in [1.54, 1.807) is 12.4 Å². The first-order chi connectivity index (χ1) is 7.31. The molecule has 1 aromatic heterocycles. The summed E-state index contributed by atoms with van der Waals surface area (Å²) in [5, 5.41) is 0.979. The van der Waals surface area contributed by atoms with Crippen molar-refractivity contribution in [2.45, 2.75) is 0 Å². The molecule has 1 amide bonds. The van der Waals surface area contributed by atoms with Crippen LogP contribution in [0.5, 0.6) is 0 Å². The zero-order chi connectivity index (χ0) is 10.7. The van der Waals surface area contributed by atoms with Crippen LogP contribution in [0.25, 0.3) is 11.1 Å². The summed E-state index contributed by atoms with van der Waals surface area (Å²) in [6, 6.07) is 11.8. The molecule has 15 heavy (non-hydrogen) atoms. The van der Waals surface area contributed by atoms with Crippen LogP contribution < -0.4 is 11.0 Å². The first kappa shape index (κ1) is 9.48. The van der Waals surface area contributed by atoms with Crippen molar-refractivity contribution in [2.24, 2.45) is 5.84 Å². The average Bonchev–Trinajstić information content (AvgIpc) is 2.78. The standard InChI is InChI=1S/C11H11N3O/c12-14(9-15)13-7-6-11(8-13)10-4-2-1-3-5-10/h1-9H,12H2. The van der Waals surface area contributed by atoms with Gasteiger partial charge < -0.3 is 0 Å². The topological polar surface area (TPSA) is 51.3 Å². The predicted molar refractivity (Wildman–Crippen MR) is 58.3 cm³/mol. The maximum absolute atomic E-state index is 10.4. The monoisotopic (exact) mass is 201 g/mol. The van der Waals surface area contributed by atoms with Crippen molar-refractivity contribution in [3.63, 3.8) is 0 Å². The van der Waals surface area contributed by atoms with E-state index < -0.39 is 0 Å². The van der Waals surface area contributed by atoms with Crippen molar-refractivity contribution in [1.82, 2.24) is 4.68 Å². The van der Waals surface area contributed by atoms with Crippen molar-refractivity contribution in [3.8, 4) is 11.1 Å². The molecule has 0 bridgehead atoms. The quantitative estimate of drug-likeness (QED) is 0.350. The number of hydrazine groups is 1. The SMILES string of the molecule is NN(C=O)n1ccc(-c2ccccc2)c1. The predicted octanol–water partition coefficient (Wildman–Crippen LogP) is 1.12. The van der Waals surface area contributed by atoms with Crippen LogP contribution in [-0.2, 0) is 4.79 Å². The minimum Gasteiger partial charge on any atom is -0.275 e. The fourth-order valence-corrected chi connectivity index (χ4v) is 1.38. The smallest absolute Gasteiger partial charge is 0.243 e. The largest absolute Gasteiger partial charge is 0.275 e. The zero-order valence-electron chi connectivity index (χ0n) is 8.08. The first-order valence-electron chi connectivity index (χ1n) is 4.54. The second kappa shape index (κ2) is 3.98. The lowest BCUT2D eigenvalue weighted by atomic mass is 10.1. The number of hydrogen-bond acceptors (Lipinski definition) is 2. The highest BCUT2D eigenvalue weighted by Crippen LogP contribution is 2.18. The van der Waals surface area contributed by atoms with Crippen LogP contribution >= 0.6 is 0 Å². The highest BCUT2D eigenvalue weighted by atomic mass is 16.2. The van der Waals surface area contributed by atoms with Gasteiger partial charge in [-0.1, -0.05) is 30.3 Å². The van der Waals surface area contributed by atoms with E-state index in [9.17, 15) is 4.79 Å². The molecule has 0 aliphatic heterocycles. The summed E-state index contributed by atoms with van der Waals surface area (Å²) in [6.07, 6.45) is 4.08. The molecule has 0 unspecified atom stereocenters. The fourth-order valence-electron chi connectivity index (χ4n) is 1.38. The number of benzene rings is 1. The van der Waals surface area contributed by atoms with Gasteiger partial charge in [-0.15, -0.1) is 0 Å². The van der Waals surface area contributed by atoms with Crippen LogP contribution in [0.1, 0.15) is 0 Å². The molecule has 76 valence electrons. The van der Waals surface area contributed by atoms with E-state index in [0.29, 0.717) is 6.41 Å². The highest BCUT2D eigenvalue weighted by Gasteiger charge is 2.01. The second-order valence-electron chi connectivity index (χ2n) is 3.13. The number of rotatable bonds is 3. The third-order valence-corrected chi connectivity index (χ3v) is 2.16. The Hall–Kier alpha value is -2.07. The lowest BCUT2D eigenvalue weighted by Gasteiger charge is -2.10. The molecule has 1 aromatic carbocycles. The Morgan fingerprint density at radius 3 is 2.53 bits per heavy atom. The lowest BCUT2D eigenvalue weighted by molar-refractivity contribution is -0.108. The summed E-state index contributed by atoms with van der Waals surface area (Å²) in [5.41, 5.74) is 2.11. The number of amides is 1. The molecule has 0 saturated carbocycles. The molecular formula is C11H11N3O. The second-order valence-corrected chi connectivity index (χ2v) is 3.13. The van der Waals surface area contributed by atoms with Gasteiger partial charge >= 0.3 is 0 Å². The van der Waals surface area contributed by atoms with Gasteiger partial charge in [-0.3, -0.25) is 9.47 Å². The van der Waals surface area contributed by atoms with Crippen molar-refractivity contribution >= 4 is 6.41 Å². The summed E-state index contributed by atoms with van der Waals surface area (Å²) in [4.78, 5) is 10.4. The molecule has 0 saturated heterocycles. The number of hydrogen-bond donors (Lipinski definition) is 1. The third-order valence-electron chi connectivity index (χ3n) is 2.16. The Bertz CT molecular complexity index is 450. The van der Waals surface area contributed by atoms with E-state index in [0.717, 1.165) is 16.2 Å². The van der Waals surface area contributed by atoms with Crippen LogP contribution in [0.15, 0.2) is 48.8 Å². The van der Waals surface area contributed by atoms with Crippen molar-refractivity contribution in [3.05, 3.63) is 48.8 Å². The van der Waals surface area contributed by atoms with E-state index in [-0.39, 0.29) is 0 Å². The van der Waals surface area contributed by atoms with E-state index in [1.807, 2.05) is 36.4 Å². The minimum atomic E-state index is 0.550. The van der Waals surface area contributed by atoms with Crippen LogP contribution in [0.2, 0.25) is 0 Å². The molecule has 0 radical (unpaired) electrons. The van der Waals surface area contributed by atoms with Gasteiger partial charge in [0.05, 0.1) is 0 Å². The maximum Gasteiger partial charge on any atom is 0.243 e. The summed E-state index contributed by atoms with van der Waals surface area (Å²) in [6.45, 7) is 0. The first-order valence-corrected chi connectivity index (χ1v) is 4.54. The van der Waals surface area contributed by atoms with Crippen LogP contribution in [-0.4, -0.2) is 11.1 Å². The molecule has 2 rings (SSSR count). The maximum atomic E-state index is 10.4. The molecule has 0 fully saturated rings. The molecule has 4 heteroatoms. The van der Waals surface area contributed by atoms with E-state index >= 15 is 0 Å². The van der Waals surface area contributed by atoms with E-state index in [4.69, 9.17) is 5.84 Å². The molecule has 2 aromatic rings.